The van der Waals surface area contributed by atoms with Gasteiger partial charge in [-0.05, 0) is 23.8 Å². The van der Waals surface area contributed by atoms with Gasteiger partial charge in [0.25, 0.3) is 5.69 Å². The zero-order valence-corrected chi connectivity index (χ0v) is 13.2. The number of sulfone groups is 1. The first-order valence-corrected chi connectivity index (χ1v) is 8.52. The smallest absolute Gasteiger partial charge is 0.293 e. The van der Waals surface area contributed by atoms with Crippen LogP contribution in [0.1, 0.15) is 5.56 Å². The molecule has 0 aliphatic heterocycles. The van der Waals surface area contributed by atoms with Crippen LogP contribution in [0.2, 0.25) is 5.02 Å². The number of nitrogens with zero attached hydrogens (tertiary/aromatic N) is 1. The topological polar surface area (TPSA) is 89.3 Å². The van der Waals surface area contributed by atoms with Crippen molar-refractivity contribution in [3.05, 3.63) is 63.2 Å². The van der Waals surface area contributed by atoms with Gasteiger partial charge < -0.3 is 5.32 Å². The van der Waals surface area contributed by atoms with Crippen LogP contribution in [0.25, 0.3) is 0 Å². The molecule has 0 bridgehead atoms. The third kappa shape index (κ3) is 3.75. The first kappa shape index (κ1) is 16.3. The number of nitro benzene ring substituents is 1. The Morgan fingerprint density at radius 3 is 2.50 bits per heavy atom. The van der Waals surface area contributed by atoms with Crippen LogP contribution < -0.4 is 5.32 Å². The molecule has 0 aliphatic rings. The van der Waals surface area contributed by atoms with E-state index >= 15 is 0 Å². The summed E-state index contributed by atoms with van der Waals surface area (Å²) in [5, 5.41) is 14.6. The van der Waals surface area contributed by atoms with E-state index in [0.29, 0.717) is 11.6 Å². The van der Waals surface area contributed by atoms with Gasteiger partial charge in [-0.15, -0.1) is 0 Å². The fourth-order valence-corrected chi connectivity index (χ4v) is 2.72. The number of nitrogens with one attached hydrogen (secondary N) is 1. The molecule has 0 aliphatic carbocycles. The van der Waals surface area contributed by atoms with E-state index in [4.69, 9.17) is 11.6 Å². The lowest BCUT2D eigenvalue weighted by atomic mass is 10.2. The highest BCUT2D eigenvalue weighted by atomic mass is 35.5. The second-order valence-corrected chi connectivity index (χ2v) is 7.08. The highest BCUT2D eigenvalue weighted by Gasteiger charge is 2.18. The minimum Gasteiger partial charge on any atom is -0.375 e. The molecule has 6 nitrogen and oxygen atoms in total. The predicted molar refractivity (Wildman–Crippen MR) is 85.0 cm³/mol. The second-order valence-electron chi connectivity index (χ2n) is 4.65. The largest absolute Gasteiger partial charge is 0.375 e. The number of hydrogen-bond donors (Lipinski definition) is 1. The minimum atomic E-state index is -3.50. The van der Waals surface area contributed by atoms with E-state index in [0.717, 1.165) is 17.9 Å². The predicted octanol–water partition coefficient (Wildman–Crippen LogP) is 3.26. The Kier molecular flexibility index (Phi) is 4.68. The molecule has 0 aromatic heterocycles. The van der Waals surface area contributed by atoms with E-state index in [-0.39, 0.29) is 16.3 Å². The zero-order chi connectivity index (χ0) is 16.3. The van der Waals surface area contributed by atoms with Gasteiger partial charge in [0.05, 0.1) is 9.82 Å². The van der Waals surface area contributed by atoms with Crippen molar-refractivity contribution in [2.24, 2.45) is 0 Å². The number of halogens is 1. The van der Waals surface area contributed by atoms with Gasteiger partial charge in [-0.25, -0.2) is 8.42 Å². The van der Waals surface area contributed by atoms with Crippen LogP contribution in [0.3, 0.4) is 0 Å². The summed E-state index contributed by atoms with van der Waals surface area (Å²) in [7, 11) is -3.50. The first-order chi connectivity index (χ1) is 10.3. The summed E-state index contributed by atoms with van der Waals surface area (Å²) in [6.07, 6.45) is 1.00. The standard InChI is InChI=1S/C14H13ClN2O4S/c1-22(20,21)11-6-7-13(14(8-11)17(18)19)16-9-10-4-2-3-5-12(10)15/h2-8,16H,9H2,1H3. The monoisotopic (exact) mass is 340 g/mol. The minimum absolute atomic E-state index is 0.0949. The highest BCUT2D eigenvalue weighted by molar-refractivity contribution is 7.90. The van der Waals surface area contributed by atoms with Crippen LogP contribution >= 0.6 is 11.6 Å². The molecule has 22 heavy (non-hydrogen) atoms. The molecule has 116 valence electrons. The summed E-state index contributed by atoms with van der Waals surface area (Å²) < 4.78 is 23.0. The fraction of sp³-hybridized carbons (Fsp3) is 0.143. The van der Waals surface area contributed by atoms with Crippen molar-refractivity contribution < 1.29 is 13.3 Å². The summed E-state index contributed by atoms with van der Waals surface area (Å²) in [5.74, 6) is 0. The van der Waals surface area contributed by atoms with E-state index in [1.807, 2.05) is 6.07 Å². The highest BCUT2D eigenvalue weighted by Crippen LogP contribution is 2.28. The fourth-order valence-electron chi connectivity index (χ4n) is 1.87. The quantitative estimate of drug-likeness (QED) is 0.666. The molecule has 0 amide bonds. The van der Waals surface area contributed by atoms with Gasteiger partial charge in [-0.2, -0.15) is 0 Å². The van der Waals surface area contributed by atoms with E-state index in [1.165, 1.54) is 12.1 Å². The van der Waals surface area contributed by atoms with E-state index in [2.05, 4.69) is 5.32 Å². The SMILES string of the molecule is CS(=O)(=O)c1ccc(NCc2ccccc2Cl)c([N+](=O)[O-])c1. The molecule has 8 heteroatoms. The van der Waals surface area contributed by atoms with Crippen LogP contribution in [0.5, 0.6) is 0 Å². The van der Waals surface area contributed by atoms with Gasteiger partial charge in [0.1, 0.15) is 5.69 Å². The molecular formula is C14H13ClN2O4S. The Morgan fingerprint density at radius 1 is 1.23 bits per heavy atom. The Bertz CT molecular complexity index is 821. The number of hydrogen-bond acceptors (Lipinski definition) is 5. The van der Waals surface area contributed by atoms with Crippen LogP contribution in [-0.2, 0) is 16.4 Å². The lowest BCUT2D eigenvalue weighted by Gasteiger charge is -2.09. The summed E-state index contributed by atoms with van der Waals surface area (Å²) in [4.78, 5) is 10.4. The molecule has 1 N–H and O–H groups in total. The molecule has 2 rings (SSSR count). The van der Waals surface area contributed by atoms with Crippen molar-refractivity contribution in [3.8, 4) is 0 Å². The van der Waals surface area contributed by atoms with E-state index in [1.54, 1.807) is 18.2 Å². The molecular weight excluding hydrogens is 328 g/mol. The first-order valence-electron chi connectivity index (χ1n) is 6.25. The molecule has 0 saturated carbocycles. The third-order valence-corrected chi connectivity index (χ3v) is 4.50. The maximum atomic E-state index is 11.5. The molecule has 0 saturated heterocycles. The van der Waals surface area contributed by atoms with Crippen molar-refractivity contribution in [1.29, 1.82) is 0 Å². The van der Waals surface area contributed by atoms with Crippen LogP contribution in [0, 0.1) is 10.1 Å². The molecule has 0 unspecified atom stereocenters. The Hall–Kier alpha value is -2.12. The Balaban J connectivity index is 2.31. The Morgan fingerprint density at radius 2 is 1.91 bits per heavy atom. The second kappa shape index (κ2) is 6.33. The molecule has 0 fully saturated rings. The van der Waals surface area contributed by atoms with Crippen molar-refractivity contribution in [3.63, 3.8) is 0 Å². The number of anilines is 1. The van der Waals surface area contributed by atoms with E-state index in [9.17, 15) is 18.5 Å². The molecule has 0 radical (unpaired) electrons. The third-order valence-electron chi connectivity index (χ3n) is 3.02. The van der Waals surface area contributed by atoms with Gasteiger partial charge in [0.2, 0.25) is 0 Å². The molecule has 0 heterocycles. The van der Waals surface area contributed by atoms with Crippen molar-refractivity contribution in [2.45, 2.75) is 11.4 Å². The van der Waals surface area contributed by atoms with Gasteiger partial charge >= 0.3 is 0 Å². The van der Waals surface area contributed by atoms with Crippen LogP contribution in [0.4, 0.5) is 11.4 Å². The number of rotatable bonds is 5. The molecule has 2 aromatic rings. The van der Waals surface area contributed by atoms with Gasteiger partial charge in [-0.3, -0.25) is 10.1 Å². The maximum absolute atomic E-state index is 11.5. The summed E-state index contributed by atoms with van der Waals surface area (Å²) in [6.45, 7) is 0.290. The lowest BCUT2D eigenvalue weighted by molar-refractivity contribution is -0.384. The van der Waals surface area contributed by atoms with Crippen molar-refractivity contribution >= 4 is 32.8 Å². The molecule has 0 spiro atoms. The summed E-state index contributed by atoms with van der Waals surface area (Å²) >= 11 is 6.02. The van der Waals surface area contributed by atoms with Crippen LogP contribution in [-0.4, -0.2) is 19.6 Å². The van der Waals surface area contributed by atoms with Gasteiger partial charge in [-0.1, -0.05) is 29.8 Å². The van der Waals surface area contributed by atoms with Crippen molar-refractivity contribution in [1.82, 2.24) is 0 Å². The van der Waals surface area contributed by atoms with E-state index < -0.39 is 14.8 Å². The van der Waals surface area contributed by atoms with Crippen molar-refractivity contribution in [2.75, 3.05) is 11.6 Å². The number of benzene rings is 2. The zero-order valence-electron chi connectivity index (χ0n) is 11.6. The normalized spacial score (nSPS) is 11.2. The Labute approximate surface area is 132 Å². The van der Waals surface area contributed by atoms with Gasteiger partial charge in [0, 0.05) is 23.9 Å². The molecule has 2 aromatic carbocycles. The lowest BCUT2D eigenvalue weighted by Crippen LogP contribution is -2.05. The average Bonchev–Trinajstić information content (AvgIpc) is 2.45. The molecule has 0 atom stereocenters. The van der Waals surface area contributed by atoms with Gasteiger partial charge in [0.15, 0.2) is 9.84 Å². The summed E-state index contributed by atoms with van der Waals surface area (Å²) in [6, 6.07) is 10.9. The number of nitro groups is 1. The summed E-state index contributed by atoms with van der Waals surface area (Å²) in [5.41, 5.74) is 0.720. The van der Waals surface area contributed by atoms with Crippen LogP contribution in [0.15, 0.2) is 47.4 Å². The average molecular weight is 341 g/mol. The maximum Gasteiger partial charge on any atom is 0.293 e.